The van der Waals surface area contributed by atoms with Crippen molar-refractivity contribution in [2.45, 2.75) is 0 Å². The average Bonchev–Trinajstić information content (AvgIpc) is 1.68. The molecule has 0 fully saturated rings. The van der Waals surface area contributed by atoms with Gasteiger partial charge in [-0.05, 0) is 0 Å². The SMILES string of the molecule is O=S(=O)([S+]=S)[S+]=S. The van der Waals surface area contributed by atoms with Crippen LogP contribution in [0.1, 0.15) is 0 Å². The number of hydrogen-bond donors (Lipinski definition) is 0. The Kier molecular flexibility index (Phi) is 3.33. The van der Waals surface area contributed by atoms with E-state index in [1.54, 1.807) is 0 Å². The molecule has 0 aliphatic rings. The summed E-state index contributed by atoms with van der Waals surface area (Å²) < 4.78 is 20.2. The van der Waals surface area contributed by atoms with Crippen LogP contribution in [-0.2, 0) is 49.0 Å². The van der Waals surface area contributed by atoms with Crippen LogP contribution in [0.4, 0.5) is 0 Å². The number of rotatable bonds is 2. The first kappa shape index (κ1) is 7.83. The minimum atomic E-state index is -3.19. The van der Waals surface area contributed by atoms with Gasteiger partial charge in [-0.25, -0.2) is 0 Å². The van der Waals surface area contributed by atoms with Gasteiger partial charge in [-0.1, -0.05) is 0 Å². The summed E-state index contributed by atoms with van der Waals surface area (Å²) in [5.74, 6) is 0. The first-order valence-electron chi connectivity index (χ1n) is 1.00. The molecular weight excluding hydrogens is 192 g/mol. The van der Waals surface area contributed by atoms with Crippen molar-refractivity contribution in [3.8, 4) is 0 Å². The quantitative estimate of drug-likeness (QED) is 0.429. The Labute approximate surface area is 57.3 Å². The van der Waals surface area contributed by atoms with Crippen LogP contribution in [0.3, 0.4) is 0 Å². The van der Waals surface area contributed by atoms with Gasteiger partial charge in [0.1, 0.15) is 0 Å². The van der Waals surface area contributed by atoms with Crippen LogP contribution in [0.25, 0.3) is 0 Å². The highest BCUT2D eigenvalue weighted by Gasteiger charge is 2.33. The van der Waals surface area contributed by atoms with Crippen LogP contribution < -0.4 is 0 Å². The van der Waals surface area contributed by atoms with Gasteiger partial charge in [0.25, 0.3) is 0 Å². The lowest BCUT2D eigenvalue weighted by Gasteiger charge is -1.39. The van der Waals surface area contributed by atoms with Crippen LogP contribution in [0.15, 0.2) is 0 Å². The molecular formula is O2S5+2. The summed E-state index contributed by atoms with van der Waals surface area (Å²) in [4.78, 5) is 0. The lowest BCUT2D eigenvalue weighted by atomic mass is 15.9. The summed E-state index contributed by atoms with van der Waals surface area (Å²) in [6.07, 6.45) is 0. The van der Waals surface area contributed by atoms with Crippen molar-refractivity contribution in [2.24, 2.45) is 0 Å². The predicted molar refractivity (Wildman–Crippen MR) is 38.4 cm³/mol. The van der Waals surface area contributed by atoms with E-state index >= 15 is 0 Å². The van der Waals surface area contributed by atoms with E-state index in [0.717, 1.165) is 0 Å². The maximum absolute atomic E-state index is 10.1. The Hall–Kier alpha value is 0.830. The Bertz CT molecular complexity index is 147. The molecule has 0 bridgehead atoms. The Morgan fingerprint density at radius 3 is 1.43 bits per heavy atom. The molecule has 7 heavy (non-hydrogen) atoms. The molecule has 0 saturated heterocycles. The third-order valence-electron chi connectivity index (χ3n) is 0.167. The van der Waals surface area contributed by atoms with Gasteiger partial charge in [0.15, 0.2) is 0 Å². The van der Waals surface area contributed by atoms with Crippen LogP contribution in [0, 0.1) is 0 Å². The van der Waals surface area contributed by atoms with Gasteiger partial charge < -0.3 is 0 Å². The highest BCUT2D eigenvalue weighted by atomic mass is 33.7. The second-order valence-electron chi connectivity index (χ2n) is 0.544. The molecule has 0 aromatic rings. The van der Waals surface area contributed by atoms with Crippen LogP contribution in [-0.4, -0.2) is 8.42 Å². The van der Waals surface area contributed by atoms with Crippen molar-refractivity contribution in [2.75, 3.05) is 0 Å². The fourth-order valence-corrected chi connectivity index (χ4v) is 2.76. The van der Waals surface area contributed by atoms with Crippen molar-refractivity contribution in [1.82, 2.24) is 0 Å². The van der Waals surface area contributed by atoms with Crippen LogP contribution >= 0.6 is 0 Å². The van der Waals surface area contributed by atoms with Crippen molar-refractivity contribution < 1.29 is 8.42 Å². The predicted octanol–water partition coefficient (Wildman–Crippen LogP) is -0.680. The van der Waals surface area contributed by atoms with E-state index in [1.807, 2.05) is 0 Å². The van der Waals surface area contributed by atoms with Gasteiger partial charge >= 0.3 is 49.0 Å². The number of hydrogen-bond acceptors (Lipinski definition) is 4. The molecule has 0 rings (SSSR count). The Balaban J connectivity index is 4.49. The maximum atomic E-state index is 10.1. The molecule has 0 aliphatic carbocycles. The first-order chi connectivity index (χ1) is 3.12. The van der Waals surface area contributed by atoms with Gasteiger partial charge in [0.05, 0.1) is 0 Å². The average molecular weight is 192 g/mol. The smallest absolute Gasteiger partial charge is 0.115 e. The zero-order valence-corrected chi connectivity index (χ0v) is 6.94. The van der Waals surface area contributed by atoms with E-state index in [0.29, 0.717) is 18.7 Å². The summed E-state index contributed by atoms with van der Waals surface area (Å²) in [6.45, 7) is 0. The molecule has 0 atom stereocenters. The van der Waals surface area contributed by atoms with Gasteiger partial charge in [-0.3, -0.25) is 0 Å². The van der Waals surface area contributed by atoms with Gasteiger partial charge in [0, 0.05) is 0 Å². The van der Waals surface area contributed by atoms with Crippen LogP contribution in [0.2, 0.25) is 0 Å². The maximum Gasteiger partial charge on any atom is 0.668 e. The zero-order chi connectivity index (χ0) is 5.91. The van der Waals surface area contributed by atoms with E-state index in [2.05, 4.69) is 22.4 Å². The van der Waals surface area contributed by atoms with Gasteiger partial charge in [-0.15, -0.1) is 8.42 Å². The minimum Gasteiger partial charge on any atom is -0.115 e. The van der Waals surface area contributed by atoms with Crippen molar-refractivity contribution >= 4 is 49.0 Å². The molecule has 0 spiro atoms. The lowest BCUT2D eigenvalue weighted by molar-refractivity contribution is 0.623. The van der Waals surface area contributed by atoms with E-state index in [1.165, 1.54) is 0 Å². The van der Waals surface area contributed by atoms with E-state index in [9.17, 15) is 8.42 Å². The summed E-state index contributed by atoms with van der Waals surface area (Å²) in [6, 6.07) is 0. The first-order valence-corrected chi connectivity index (χ1v) is 7.00. The van der Waals surface area contributed by atoms with Gasteiger partial charge in [0.2, 0.25) is 0 Å². The molecule has 0 aliphatic heterocycles. The summed E-state index contributed by atoms with van der Waals surface area (Å²) >= 11 is 8.26. The van der Waals surface area contributed by atoms with E-state index in [4.69, 9.17) is 0 Å². The summed E-state index contributed by atoms with van der Waals surface area (Å²) in [7, 11) is -2.51. The van der Waals surface area contributed by atoms with Gasteiger partial charge in [-0.2, -0.15) is 0 Å². The third kappa shape index (κ3) is 3.42. The molecule has 0 aromatic heterocycles. The van der Waals surface area contributed by atoms with Crippen molar-refractivity contribution in [3.63, 3.8) is 0 Å². The molecule has 7 heteroatoms. The monoisotopic (exact) mass is 192 g/mol. The lowest BCUT2D eigenvalue weighted by Crippen LogP contribution is -1.88. The summed E-state index contributed by atoms with van der Waals surface area (Å²) in [5.41, 5.74) is 0. The molecule has 0 N–H and O–H groups in total. The molecule has 0 radical (unpaired) electrons. The molecule has 0 aromatic carbocycles. The largest absolute Gasteiger partial charge is 0.668 e. The molecule has 0 unspecified atom stereocenters. The molecule has 40 valence electrons. The van der Waals surface area contributed by atoms with Crippen molar-refractivity contribution in [3.05, 3.63) is 0 Å². The molecule has 0 heterocycles. The molecule has 0 saturated carbocycles. The minimum absolute atomic E-state index is 0.341. The highest BCUT2D eigenvalue weighted by molar-refractivity contribution is 9.00. The highest BCUT2D eigenvalue weighted by Crippen LogP contribution is 1.79. The van der Waals surface area contributed by atoms with Crippen LogP contribution in [0.5, 0.6) is 0 Å². The second-order valence-corrected chi connectivity index (χ2v) is 8.16. The molecule has 0 amide bonds. The normalized spacial score (nSPS) is 10.3. The molecule has 2 nitrogen and oxygen atoms in total. The van der Waals surface area contributed by atoms with E-state index in [-0.39, 0.29) is 0 Å². The second kappa shape index (κ2) is 2.98. The Morgan fingerprint density at radius 2 is 1.43 bits per heavy atom. The standard InChI is InChI=1S/O2S5/c1-7(2,5-3)6-4/q+2. The van der Waals surface area contributed by atoms with Crippen molar-refractivity contribution in [1.29, 1.82) is 0 Å². The fourth-order valence-electron chi connectivity index (χ4n) is 0.0113. The zero-order valence-electron chi connectivity index (χ0n) is 2.86. The fraction of sp³-hybridized carbons (Fsp3) is 0. The Morgan fingerprint density at radius 1 is 1.14 bits per heavy atom. The summed E-state index contributed by atoms with van der Waals surface area (Å²) in [5, 5.41) is 0. The van der Waals surface area contributed by atoms with E-state index < -0.39 is 7.90 Å². The topological polar surface area (TPSA) is 34.1 Å². The third-order valence-corrected chi connectivity index (χ3v) is 7.50.